The molecule has 14 heavy (non-hydrogen) atoms. The summed E-state index contributed by atoms with van der Waals surface area (Å²) >= 11 is 4.83. The highest BCUT2D eigenvalue weighted by atomic mass is 32.2. The first-order chi connectivity index (χ1) is 6.86. The summed E-state index contributed by atoms with van der Waals surface area (Å²) in [5, 5.41) is 16.5. The zero-order chi connectivity index (χ0) is 10.2. The predicted molar refractivity (Wildman–Crippen MR) is 60.3 cm³/mol. The Kier molecular flexibility index (Phi) is 6.54. The Morgan fingerprint density at radius 1 is 1.36 bits per heavy atom. The highest BCUT2D eigenvalue weighted by Gasteiger charge is 2.02. The van der Waals surface area contributed by atoms with Gasteiger partial charge in [-0.05, 0) is 6.26 Å². The summed E-state index contributed by atoms with van der Waals surface area (Å²) < 4.78 is 7.08. The van der Waals surface area contributed by atoms with Crippen LogP contribution in [0.5, 0.6) is 0 Å². The summed E-state index contributed by atoms with van der Waals surface area (Å²) in [7, 11) is 0. The molecular formula is C7H12N2O2S3. The van der Waals surface area contributed by atoms with Crippen LogP contribution in [0.25, 0.3) is 0 Å². The molecule has 0 spiro atoms. The standard InChI is InChI=1S/C7H12N2O2S3/c1-12-6-8-9-7(14-6)13-5-4-11-3-2-10/h10H,2-5H2,1H3. The quantitative estimate of drug-likeness (QED) is 0.584. The monoisotopic (exact) mass is 252 g/mol. The van der Waals surface area contributed by atoms with E-state index in [4.69, 9.17) is 9.84 Å². The Morgan fingerprint density at radius 3 is 2.79 bits per heavy atom. The molecular weight excluding hydrogens is 240 g/mol. The molecule has 1 N–H and O–H groups in total. The van der Waals surface area contributed by atoms with Crippen LogP contribution in [0, 0.1) is 0 Å². The van der Waals surface area contributed by atoms with Crippen molar-refractivity contribution in [3.8, 4) is 0 Å². The van der Waals surface area contributed by atoms with E-state index in [-0.39, 0.29) is 6.61 Å². The van der Waals surface area contributed by atoms with E-state index in [1.165, 1.54) is 0 Å². The molecule has 1 aromatic heterocycles. The number of rotatable bonds is 7. The van der Waals surface area contributed by atoms with Gasteiger partial charge in [0.05, 0.1) is 19.8 Å². The summed E-state index contributed by atoms with van der Waals surface area (Å²) in [6, 6.07) is 0. The second-order valence-electron chi connectivity index (χ2n) is 2.22. The van der Waals surface area contributed by atoms with Gasteiger partial charge in [-0.25, -0.2) is 0 Å². The lowest BCUT2D eigenvalue weighted by molar-refractivity contribution is 0.103. The molecule has 80 valence electrons. The number of hydrogen-bond donors (Lipinski definition) is 1. The van der Waals surface area contributed by atoms with E-state index < -0.39 is 0 Å². The molecule has 0 aliphatic rings. The minimum absolute atomic E-state index is 0.0834. The van der Waals surface area contributed by atoms with Crippen LogP contribution >= 0.6 is 34.9 Å². The number of aromatic nitrogens is 2. The average Bonchev–Trinajstić information content (AvgIpc) is 2.65. The second kappa shape index (κ2) is 7.47. The maximum atomic E-state index is 8.46. The molecule has 7 heteroatoms. The minimum Gasteiger partial charge on any atom is -0.394 e. The van der Waals surface area contributed by atoms with Gasteiger partial charge in [0, 0.05) is 5.75 Å². The van der Waals surface area contributed by atoms with Gasteiger partial charge in [-0.15, -0.1) is 10.2 Å². The lowest BCUT2D eigenvalue weighted by Gasteiger charge is -1.98. The van der Waals surface area contributed by atoms with Crippen LogP contribution in [0.4, 0.5) is 0 Å². The van der Waals surface area contributed by atoms with E-state index in [0.29, 0.717) is 13.2 Å². The molecule has 1 heterocycles. The summed E-state index contributed by atoms with van der Waals surface area (Å²) in [5.74, 6) is 0.850. The number of aliphatic hydroxyl groups is 1. The van der Waals surface area contributed by atoms with Crippen LogP contribution < -0.4 is 0 Å². The third-order valence-electron chi connectivity index (χ3n) is 1.25. The number of ether oxygens (including phenoxy) is 1. The number of hydrogen-bond acceptors (Lipinski definition) is 7. The molecule has 0 aliphatic carbocycles. The van der Waals surface area contributed by atoms with Gasteiger partial charge in [0.15, 0.2) is 8.68 Å². The van der Waals surface area contributed by atoms with Crippen molar-refractivity contribution in [3.05, 3.63) is 0 Å². The highest BCUT2D eigenvalue weighted by molar-refractivity contribution is 8.02. The van der Waals surface area contributed by atoms with Crippen molar-refractivity contribution in [2.24, 2.45) is 0 Å². The van der Waals surface area contributed by atoms with Crippen molar-refractivity contribution in [1.29, 1.82) is 0 Å². The third kappa shape index (κ3) is 4.61. The molecule has 0 aliphatic heterocycles. The fraction of sp³-hybridized carbons (Fsp3) is 0.714. The fourth-order valence-corrected chi connectivity index (χ4v) is 3.05. The molecule has 0 atom stereocenters. The van der Waals surface area contributed by atoms with Crippen LogP contribution in [0.1, 0.15) is 0 Å². The molecule has 1 rings (SSSR count). The van der Waals surface area contributed by atoms with Crippen LogP contribution in [0.3, 0.4) is 0 Å². The van der Waals surface area contributed by atoms with Crippen molar-refractivity contribution in [2.75, 3.05) is 31.8 Å². The number of nitrogens with zero attached hydrogens (tertiary/aromatic N) is 2. The summed E-state index contributed by atoms with van der Waals surface area (Å²) in [6.45, 7) is 1.13. The largest absolute Gasteiger partial charge is 0.394 e. The Hall–Kier alpha value is 0.180. The highest BCUT2D eigenvalue weighted by Crippen LogP contribution is 2.26. The molecule has 0 saturated heterocycles. The molecule has 4 nitrogen and oxygen atoms in total. The second-order valence-corrected chi connectivity index (χ2v) is 5.60. The average molecular weight is 252 g/mol. The molecule has 1 aromatic rings. The normalized spacial score (nSPS) is 10.7. The van der Waals surface area contributed by atoms with E-state index in [1.54, 1.807) is 34.9 Å². The zero-order valence-electron chi connectivity index (χ0n) is 7.80. The maximum absolute atomic E-state index is 8.46. The van der Waals surface area contributed by atoms with Gasteiger partial charge in [-0.3, -0.25) is 0 Å². The Labute approximate surface area is 95.5 Å². The van der Waals surface area contributed by atoms with Crippen LogP contribution in [0.15, 0.2) is 8.68 Å². The molecule has 0 bridgehead atoms. The Morgan fingerprint density at radius 2 is 2.14 bits per heavy atom. The topological polar surface area (TPSA) is 55.2 Å². The van der Waals surface area contributed by atoms with E-state index in [1.807, 2.05) is 6.26 Å². The maximum Gasteiger partial charge on any atom is 0.175 e. The first-order valence-electron chi connectivity index (χ1n) is 4.05. The van der Waals surface area contributed by atoms with E-state index in [0.717, 1.165) is 14.4 Å². The van der Waals surface area contributed by atoms with Gasteiger partial charge in [-0.1, -0.05) is 34.9 Å². The van der Waals surface area contributed by atoms with Crippen molar-refractivity contribution < 1.29 is 9.84 Å². The van der Waals surface area contributed by atoms with Crippen LogP contribution in [0.2, 0.25) is 0 Å². The van der Waals surface area contributed by atoms with E-state index >= 15 is 0 Å². The van der Waals surface area contributed by atoms with Gasteiger partial charge in [0.2, 0.25) is 0 Å². The number of thioether (sulfide) groups is 2. The SMILES string of the molecule is CSc1nnc(SCCOCCO)s1. The van der Waals surface area contributed by atoms with Crippen LogP contribution in [-0.2, 0) is 4.74 Å². The van der Waals surface area contributed by atoms with Gasteiger partial charge in [0.1, 0.15) is 0 Å². The molecule has 0 radical (unpaired) electrons. The van der Waals surface area contributed by atoms with Crippen molar-refractivity contribution >= 4 is 34.9 Å². The smallest absolute Gasteiger partial charge is 0.175 e. The Bertz CT molecular complexity index is 257. The first-order valence-corrected chi connectivity index (χ1v) is 7.08. The molecule has 0 fully saturated rings. The van der Waals surface area contributed by atoms with Crippen molar-refractivity contribution in [3.63, 3.8) is 0 Å². The molecule has 0 saturated carbocycles. The van der Waals surface area contributed by atoms with E-state index in [9.17, 15) is 0 Å². The van der Waals surface area contributed by atoms with Gasteiger partial charge in [0.25, 0.3) is 0 Å². The predicted octanol–water partition coefficient (Wildman–Crippen LogP) is 1.36. The first kappa shape index (κ1) is 12.3. The van der Waals surface area contributed by atoms with Gasteiger partial charge >= 0.3 is 0 Å². The van der Waals surface area contributed by atoms with Gasteiger partial charge < -0.3 is 9.84 Å². The summed E-state index contributed by atoms with van der Waals surface area (Å²) in [4.78, 5) is 0. The van der Waals surface area contributed by atoms with E-state index in [2.05, 4.69) is 10.2 Å². The Balaban J connectivity index is 2.12. The van der Waals surface area contributed by atoms with Crippen molar-refractivity contribution in [2.45, 2.75) is 8.68 Å². The van der Waals surface area contributed by atoms with Gasteiger partial charge in [-0.2, -0.15) is 0 Å². The molecule has 0 amide bonds. The zero-order valence-corrected chi connectivity index (χ0v) is 10.3. The summed E-state index contributed by atoms with van der Waals surface area (Å²) in [6.07, 6.45) is 1.99. The third-order valence-corrected chi connectivity index (χ3v) is 4.25. The lowest BCUT2D eigenvalue weighted by Crippen LogP contribution is -2.02. The molecule has 0 aromatic carbocycles. The lowest BCUT2D eigenvalue weighted by atomic mass is 10.7. The number of aliphatic hydroxyl groups excluding tert-OH is 1. The summed E-state index contributed by atoms with van der Waals surface area (Å²) in [5.41, 5.74) is 0. The molecule has 0 unspecified atom stereocenters. The fourth-order valence-electron chi connectivity index (χ4n) is 0.693. The minimum atomic E-state index is 0.0834. The van der Waals surface area contributed by atoms with Crippen LogP contribution in [-0.4, -0.2) is 47.1 Å². The van der Waals surface area contributed by atoms with Crippen molar-refractivity contribution in [1.82, 2.24) is 10.2 Å².